The lowest BCUT2D eigenvalue weighted by molar-refractivity contribution is 0.693. The van der Waals surface area contributed by atoms with Crippen LogP contribution in [-0.4, -0.2) is 6.54 Å². The van der Waals surface area contributed by atoms with E-state index in [1.54, 1.807) is 0 Å². The van der Waals surface area contributed by atoms with Crippen molar-refractivity contribution in [3.8, 4) is 0 Å². The van der Waals surface area contributed by atoms with Crippen LogP contribution < -0.4 is 5.73 Å². The molecule has 0 aromatic heterocycles. The highest BCUT2D eigenvalue weighted by atomic mass is 14.5. The summed E-state index contributed by atoms with van der Waals surface area (Å²) >= 11 is 0. The normalized spacial score (nSPS) is 12.4. The molecule has 0 aliphatic carbocycles. The predicted molar refractivity (Wildman–Crippen MR) is 82.5 cm³/mol. The zero-order valence-electron chi connectivity index (χ0n) is 11.9. The molecule has 2 N–H and O–H groups in total. The zero-order chi connectivity index (χ0) is 13.7. The quantitative estimate of drug-likeness (QED) is 0.860. The standard InChI is InChI=1S/C18H23N/c1-3-15-7-9-16(10-8-15)12-18(13-19)17-6-4-5-14(2)11-17/h4-11,18H,3,12-13,19H2,1-2H3. The molecule has 0 spiro atoms. The van der Waals surface area contributed by atoms with Crippen LogP contribution in [0, 0.1) is 6.92 Å². The van der Waals surface area contributed by atoms with E-state index >= 15 is 0 Å². The van der Waals surface area contributed by atoms with E-state index in [9.17, 15) is 0 Å². The van der Waals surface area contributed by atoms with Crippen molar-refractivity contribution in [1.82, 2.24) is 0 Å². The summed E-state index contributed by atoms with van der Waals surface area (Å²) in [7, 11) is 0. The summed E-state index contributed by atoms with van der Waals surface area (Å²) in [5, 5.41) is 0. The monoisotopic (exact) mass is 253 g/mol. The van der Waals surface area contributed by atoms with Gasteiger partial charge in [-0.05, 0) is 43.0 Å². The Morgan fingerprint density at radius 1 is 1.00 bits per heavy atom. The molecular weight excluding hydrogens is 230 g/mol. The third-order valence-corrected chi connectivity index (χ3v) is 3.71. The molecule has 1 unspecified atom stereocenters. The minimum Gasteiger partial charge on any atom is -0.330 e. The molecule has 2 rings (SSSR count). The summed E-state index contributed by atoms with van der Waals surface area (Å²) in [6, 6.07) is 17.6. The molecule has 1 heteroatoms. The van der Waals surface area contributed by atoms with Gasteiger partial charge in [-0.3, -0.25) is 0 Å². The van der Waals surface area contributed by atoms with Crippen LogP contribution in [0.5, 0.6) is 0 Å². The lowest BCUT2D eigenvalue weighted by Crippen LogP contribution is -2.15. The Labute approximate surface area is 116 Å². The average Bonchev–Trinajstić information content (AvgIpc) is 2.45. The van der Waals surface area contributed by atoms with Crippen LogP contribution in [0.1, 0.15) is 35.1 Å². The summed E-state index contributed by atoms with van der Waals surface area (Å²) in [6.07, 6.45) is 2.11. The summed E-state index contributed by atoms with van der Waals surface area (Å²) in [6.45, 7) is 5.01. The first-order chi connectivity index (χ1) is 9.22. The van der Waals surface area contributed by atoms with E-state index in [1.807, 2.05) is 0 Å². The molecule has 19 heavy (non-hydrogen) atoms. The Hall–Kier alpha value is -1.60. The molecule has 0 fully saturated rings. The van der Waals surface area contributed by atoms with Crippen molar-refractivity contribution in [1.29, 1.82) is 0 Å². The van der Waals surface area contributed by atoms with Crippen molar-refractivity contribution in [2.75, 3.05) is 6.54 Å². The minimum absolute atomic E-state index is 0.410. The fraction of sp³-hybridized carbons (Fsp3) is 0.333. The topological polar surface area (TPSA) is 26.0 Å². The van der Waals surface area contributed by atoms with Crippen molar-refractivity contribution >= 4 is 0 Å². The summed E-state index contributed by atoms with van der Waals surface area (Å²) in [4.78, 5) is 0. The second kappa shape index (κ2) is 6.53. The molecule has 0 radical (unpaired) electrons. The third-order valence-electron chi connectivity index (χ3n) is 3.71. The zero-order valence-corrected chi connectivity index (χ0v) is 11.9. The summed E-state index contributed by atoms with van der Waals surface area (Å²) in [5.74, 6) is 0.410. The number of nitrogens with two attached hydrogens (primary N) is 1. The van der Waals surface area contributed by atoms with Gasteiger partial charge >= 0.3 is 0 Å². The second-order valence-corrected chi connectivity index (χ2v) is 5.22. The Bertz CT molecular complexity index is 513. The first-order valence-electron chi connectivity index (χ1n) is 7.07. The van der Waals surface area contributed by atoms with Crippen molar-refractivity contribution in [2.45, 2.75) is 32.6 Å². The van der Waals surface area contributed by atoms with Gasteiger partial charge in [0.2, 0.25) is 0 Å². The fourth-order valence-corrected chi connectivity index (χ4v) is 2.46. The minimum atomic E-state index is 0.410. The highest BCUT2D eigenvalue weighted by molar-refractivity contribution is 5.29. The fourth-order valence-electron chi connectivity index (χ4n) is 2.46. The maximum Gasteiger partial charge on any atom is 0.000167 e. The molecule has 0 aliphatic heterocycles. The van der Waals surface area contributed by atoms with E-state index in [0.29, 0.717) is 12.5 Å². The molecule has 2 aromatic rings. The maximum atomic E-state index is 5.96. The molecule has 0 saturated carbocycles. The average molecular weight is 253 g/mol. The summed E-state index contributed by atoms with van der Waals surface area (Å²) in [5.41, 5.74) is 11.4. The second-order valence-electron chi connectivity index (χ2n) is 5.22. The maximum absolute atomic E-state index is 5.96. The van der Waals surface area contributed by atoms with Gasteiger partial charge in [-0.2, -0.15) is 0 Å². The molecule has 0 saturated heterocycles. The van der Waals surface area contributed by atoms with Crippen LogP contribution in [0.3, 0.4) is 0 Å². The lowest BCUT2D eigenvalue weighted by Gasteiger charge is -2.16. The Kier molecular flexibility index (Phi) is 4.75. The van der Waals surface area contributed by atoms with E-state index < -0.39 is 0 Å². The van der Waals surface area contributed by atoms with E-state index in [0.717, 1.165) is 12.8 Å². The number of benzene rings is 2. The van der Waals surface area contributed by atoms with E-state index in [2.05, 4.69) is 62.4 Å². The molecule has 0 heterocycles. The number of rotatable bonds is 5. The van der Waals surface area contributed by atoms with Gasteiger partial charge in [0.25, 0.3) is 0 Å². The predicted octanol–water partition coefficient (Wildman–Crippen LogP) is 3.84. The van der Waals surface area contributed by atoms with E-state index in [1.165, 1.54) is 22.3 Å². The summed E-state index contributed by atoms with van der Waals surface area (Å²) < 4.78 is 0. The number of aryl methyl sites for hydroxylation is 2. The van der Waals surface area contributed by atoms with E-state index in [-0.39, 0.29) is 0 Å². The molecule has 0 bridgehead atoms. The van der Waals surface area contributed by atoms with Crippen molar-refractivity contribution < 1.29 is 0 Å². The highest BCUT2D eigenvalue weighted by Crippen LogP contribution is 2.21. The van der Waals surface area contributed by atoms with Gasteiger partial charge < -0.3 is 5.73 Å². The van der Waals surface area contributed by atoms with Crippen LogP contribution in [0.4, 0.5) is 0 Å². The van der Waals surface area contributed by atoms with Gasteiger partial charge in [0.15, 0.2) is 0 Å². The number of hydrogen-bond acceptors (Lipinski definition) is 1. The third kappa shape index (κ3) is 3.68. The molecule has 2 aromatic carbocycles. The van der Waals surface area contributed by atoms with Crippen molar-refractivity contribution in [3.05, 3.63) is 70.8 Å². The van der Waals surface area contributed by atoms with Gasteiger partial charge in [-0.25, -0.2) is 0 Å². The Morgan fingerprint density at radius 2 is 1.68 bits per heavy atom. The van der Waals surface area contributed by atoms with Gasteiger partial charge in [0.05, 0.1) is 0 Å². The van der Waals surface area contributed by atoms with E-state index in [4.69, 9.17) is 5.73 Å². The van der Waals surface area contributed by atoms with Gasteiger partial charge in [-0.15, -0.1) is 0 Å². The molecular formula is C18H23N. The molecule has 0 amide bonds. The largest absolute Gasteiger partial charge is 0.330 e. The first-order valence-corrected chi connectivity index (χ1v) is 7.07. The van der Waals surface area contributed by atoms with Crippen LogP contribution in [0.2, 0.25) is 0 Å². The Morgan fingerprint density at radius 3 is 2.26 bits per heavy atom. The molecule has 0 aliphatic rings. The lowest BCUT2D eigenvalue weighted by atomic mass is 9.91. The van der Waals surface area contributed by atoms with Crippen molar-refractivity contribution in [3.63, 3.8) is 0 Å². The first kappa shape index (κ1) is 13.8. The Balaban J connectivity index is 2.14. The number of hydrogen-bond donors (Lipinski definition) is 1. The molecule has 100 valence electrons. The van der Waals surface area contributed by atoms with Gasteiger partial charge in [-0.1, -0.05) is 61.0 Å². The van der Waals surface area contributed by atoms with Crippen LogP contribution in [-0.2, 0) is 12.8 Å². The van der Waals surface area contributed by atoms with Crippen LogP contribution in [0.15, 0.2) is 48.5 Å². The van der Waals surface area contributed by atoms with Crippen LogP contribution in [0.25, 0.3) is 0 Å². The van der Waals surface area contributed by atoms with Crippen LogP contribution >= 0.6 is 0 Å². The SMILES string of the molecule is CCc1ccc(CC(CN)c2cccc(C)c2)cc1. The molecule has 1 nitrogen and oxygen atoms in total. The van der Waals surface area contributed by atoms with Gasteiger partial charge in [0.1, 0.15) is 0 Å². The highest BCUT2D eigenvalue weighted by Gasteiger charge is 2.10. The van der Waals surface area contributed by atoms with Crippen molar-refractivity contribution in [2.24, 2.45) is 5.73 Å². The van der Waals surface area contributed by atoms with Gasteiger partial charge in [0, 0.05) is 5.92 Å². The molecule has 1 atom stereocenters. The smallest absolute Gasteiger partial charge is 0.000167 e.